The van der Waals surface area contributed by atoms with Crippen molar-refractivity contribution >= 4 is 13.9 Å². The van der Waals surface area contributed by atoms with Gasteiger partial charge in [-0.05, 0) is 34.9 Å². The van der Waals surface area contributed by atoms with Crippen LogP contribution in [-0.2, 0) is 12.8 Å². The molecule has 1 unspecified atom stereocenters. The molecule has 1 rings (SSSR count). The van der Waals surface area contributed by atoms with Gasteiger partial charge in [0.05, 0.1) is 0 Å². The Kier molecular flexibility index (Phi) is 6.06. The van der Waals surface area contributed by atoms with Crippen LogP contribution in [0.5, 0.6) is 0 Å². The van der Waals surface area contributed by atoms with Gasteiger partial charge in [0.1, 0.15) is 0 Å². The van der Waals surface area contributed by atoms with E-state index in [-0.39, 0.29) is 0 Å². The lowest BCUT2D eigenvalue weighted by atomic mass is 10.00. The van der Waals surface area contributed by atoms with Gasteiger partial charge in [-0.15, -0.1) is 0 Å². The summed E-state index contributed by atoms with van der Waals surface area (Å²) in [5.74, 6) is 0. The molecule has 0 nitrogen and oxygen atoms in total. The predicted octanol–water partition coefficient (Wildman–Crippen LogP) is 4.30. The van der Waals surface area contributed by atoms with Crippen LogP contribution < -0.4 is 5.30 Å². The smallest absolute Gasteiger partial charge is 0.0234 e. The van der Waals surface area contributed by atoms with Crippen molar-refractivity contribution in [3.8, 4) is 0 Å². The third-order valence-electron chi connectivity index (χ3n) is 2.74. The van der Waals surface area contributed by atoms with Crippen molar-refractivity contribution in [3.05, 3.63) is 29.3 Å². The fourth-order valence-electron chi connectivity index (χ4n) is 2.13. The normalized spacial score (nSPS) is 11.8. The van der Waals surface area contributed by atoms with E-state index in [2.05, 4.69) is 45.9 Å². The van der Waals surface area contributed by atoms with Crippen molar-refractivity contribution in [3.63, 3.8) is 0 Å². The van der Waals surface area contributed by atoms with Crippen LogP contribution >= 0.6 is 8.58 Å². The molecule has 0 aromatic heterocycles. The Labute approximate surface area is 103 Å². The van der Waals surface area contributed by atoms with Gasteiger partial charge in [-0.1, -0.05) is 67.3 Å². The molecule has 0 amide bonds. The van der Waals surface area contributed by atoms with Crippen molar-refractivity contribution in [2.75, 3.05) is 0 Å². The van der Waals surface area contributed by atoms with Crippen LogP contribution in [0.3, 0.4) is 0 Å². The van der Waals surface area contributed by atoms with Crippen LogP contribution in [0.4, 0.5) is 0 Å². The molecule has 1 heteroatoms. The first-order chi connectivity index (χ1) is 7.69. The summed E-state index contributed by atoms with van der Waals surface area (Å²) in [4.78, 5) is 0. The fraction of sp³-hybridized carbons (Fsp3) is 0.600. The summed E-state index contributed by atoms with van der Waals surface area (Å²) in [5.41, 5.74) is 4.03. The van der Waals surface area contributed by atoms with E-state index in [1.54, 1.807) is 16.4 Å². The maximum Gasteiger partial charge on any atom is -0.0234 e. The molecule has 0 N–H and O–H groups in total. The molecular weight excluding hydrogens is 211 g/mol. The van der Waals surface area contributed by atoms with E-state index in [0.717, 1.165) is 14.2 Å². The molecule has 0 saturated carbocycles. The summed E-state index contributed by atoms with van der Waals surface area (Å²) in [7, 11) is 0.970. The van der Waals surface area contributed by atoms with Crippen molar-refractivity contribution in [1.82, 2.24) is 0 Å². The molecule has 0 radical (unpaired) electrons. The van der Waals surface area contributed by atoms with Crippen LogP contribution in [0.2, 0.25) is 0 Å². The van der Waals surface area contributed by atoms with Gasteiger partial charge in [-0.3, -0.25) is 0 Å². The van der Waals surface area contributed by atoms with Gasteiger partial charge in [-0.25, -0.2) is 0 Å². The van der Waals surface area contributed by atoms with Crippen LogP contribution in [0.25, 0.3) is 0 Å². The second-order valence-electron chi connectivity index (χ2n) is 4.74. The Morgan fingerprint density at radius 1 is 1.06 bits per heavy atom. The van der Waals surface area contributed by atoms with Crippen molar-refractivity contribution in [2.45, 2.75) is 59.0 Å². The Morgan fingerprint density at radius 2 is 1.75 bits per heavy atom. The maximum atomic E-state index is 2.34. The first kappa shape index (κ1) is 13.7. The first-order valence-electron chi connectivity index (χ1n) is 6.56. The molecule has 0 aliphatic rings. The molecule has 1 aromatic carbocycles. The topological polar surface area (TPSA) is 0 Å². The third kappa shape index (κ3) is 3.91. The lowest BCUT2D eigenvalue weighted by molar-refractivity contribution is 0.866. The van der Waals surface area contributed by atoms with Gasteiger partial charge < -0.3 is 0 Å². The highest BCUT2D eigenvalue weighted by atomic mass is 31.1. The molecule has 0 bridgehead atoms. The van der Waals surface area contributed by atoms with Gasteiger partial charge in [0.25, 0.3) is 0 Å². The van der Waals surface area contributed by atoms with E-state index in [1.165, 1.54) is 25.7 Å². The number of benzene rings is 1. The summed E-state index contributed by atoms with van der Waals surface area (Å²) in [6.07, 6.45) is 5.01. The number of hydrogen-bond acceptors (Lipinski definition) is 0. The van der Waals surface area contributed by atoms with Gasteiger partial charge >= 0.3 is 0 Å². The number of hydrogen-bond donors (Lipinski definition) is 0. The average Bonchev–Trinajstić information content (AvgIpc) is 2.22. The summed E-state index contributed by atoms with van der Waals surface area (Å²) >= 11 is 0. The minimum atomic E-state index is 0.785. The SMILES string of the molecule is CCCc1cccc(PC(C)C)c1CCC. The molecule has 0 spiro atoms. The Morgan fingerprint density at radius 3 is 2.31 bits per heavy atom. The van der Waals surface area contributed by atoms with Crippen LogP contribution in [0.15, 0.2) is 18.2 Å². The first-order valence-corrected chi connectivity index (χ1v) is 7.64. The minimum absolute atomic E-state index is 0.785. The zero-order chi connectivity index (χ0) is 12.0. The van der Waals surface area contributed by atoms with Gasteiger partial charge in [0.15, 0.2) is 0 Å². The molecule has 1 atom stereocenters. The quantitative estimate of drug-likeness (QED) is 0.646. The zero-order valence-corrected chi connectivity index (χ0v) is 12.1. The Balaban J connectivity index is 3.00. The van der Waals surface area contributed by atoms with Gasteiger partial charge in [0.2, 0.25) is 0 Å². The lowest BCUT2D eigenvalue weighted by Crippen LogP contribution is -2.10. The molecular formula is C15H25P. The minimum Gasteiger partial charge on any atom is -0.0875 e. The highest BCUT2D eigenvalue weighted by molar-refractivity contribution is 7.48. The Bertz CT molecular complexity index is 315. The van der Waals surface area contributed by atoms with Crippen LogP contribution in [0.1, 0.15) is 51.7 Å². The van der Waals surface area contributed by atoms with Crippen LogP contribution in [0, 0.1) is 0 Å². The number of rotatable bonds is 6. The van der Waals surface area contributed by atoms with E-state index in [0.29, 0.717) is 0 Å². The highest BCUT2D eigenvalue weighted by Crippen LogP contribution is 2.23. The summed E-state index contributed by atoms with van der Waals surface area (Å²) in [5, 5.41) is 1.61. The van der Waals surface area contributed by atoms with E-state index >= 15 is 0 Å². The standard InChI is InChI=1S/C15H25P/c1-5-8-13-10-7-11-15(16-12(3)4)14(13)9-6-2/h7,10-12,16H,5-6,8-9H2,1-4H3. The van der Waals surface area contributed by atoms with E-state index in [9.17, 15) is 0 Å². The number of aryl methyl sites for hydroxylation is 1. The zero-order valence-electron chi connectivity index (χ0n) is 11.1. The second kappa shape index (κ2) is 7.07. The largest absolute Gasteiger partial charge is 0.0875 e. The summed E-state index contributed by atoms with van der Waals surface area (Å²) in [6, 6.07) is 6.90. The third-order valence-corrected chi connectivity index (χ3v) is 4.09. The van der Waals surface area contributed by atoms with Crippen molar-refractivity contribution < 1.29 is 0 Å². The molecule has 0 heterocycles. The Hall–Kier alpha value is -0.350. The van der Waals surface area contributed by atoms with Crippen molar-refractivity contribution in [1.29, 1.82) is 0 Å². The van der Waals surface area contributed by atoms with E-state index in [1.807, 2.05) is 0 Å². The van der Waals surface area contributed by atoms with Crippen LogP contribution in [-0.4, -0.2) is 5.66 Å². The fourth-order valence-corrected chi connectivity index (χ4v) is 3.40. The monoisotopic (exact) mass is 236 g/mol. The molecule has 0 aliphatic heterocycles. The maximum absolute atomic E-state index is 2.34. The van der Waals surface area contributed by atoms with Gasteiger partial charge in [-0.2, -0.15) is 0 Å². The average molecular weight is 236 g/mol. The summed E-state index contributed by atoms with van der Waals surface area (Å²) in [6.45, 7) is 9.19. The van der Waals surface area contributed by atoms with Gasteiger partial charge in [0, 0.05) is 0 Å². The molecule has 90 valence electrons. The highest BCUT2D eigenvalue weighted by Gasteiger charge is 2.08. The molecule has 0 fully saturated rings. The van der Waals surface area contributed by atoms with E-state index < -0.39 is 0 Å². The predicted molar refractivity (Wildman–Crippen MR) is 77.5 cm³/mol. The molecule has 1 aromatic rings. The van der Waals surface area contributed by atoms with E-state index in [4.69, 9.17) is 0 Å². The van der Waals surface area contributed by atoms with Crippen molar-refractivity contribution in [2.24, 2.45) is 0 Å². The second-order valence-corrected chi connectivity index (χ2v) is 6.72. The molecule has 0 saturated heterocycles. The molecule has 0 aliphatic carbocycles. The lowest BCUT2D eigenvalue weighted by Gasteiger charge is -2.15. The molecule has 16 heavy (non-hydrogen) atoms. The summed E-state index contributed by atoms with van der Waals surface area (Å²) < 4.78 is 0.